The molecule has 0 unspecified atom stereocenters. The molecule has 0 aromatic heterocycles. The van der Waals surface area contributed by atoms with E-state index >= 15 is 0 Å². The standard InChI is InChI=1S/C13H24.4C2H6/c1-11-7-9-13(10-8-11)12-5-3-2-4-6-12;4*1-2/h11-13H,2-10H2,1H3;4*1-2H3. The molecule has 2 fully saturated rings. The van der Waals surface area contributed by atoms with Gasteiger partial charge in [0.1, 0.15) is 0 Å². The lowest BCUT2D eigenvalue weighted by Gasteiger charge is -2.34. The Bertz CT molecular complexity index is 136. The zero-order valence-electron chi connectivity index (χ0n) is 17.1. The van der Waals surface area contributed by atoms with Crippen LogP contribution in [0.4, 0.5) is 0 Å². The summed E-state index contributed by atoms with van der Waals surface area (Å²) in [7, 11) is 0. The van der Waals surface area contributed by atoms with E-state index in [4.69, 9.17) is 0 Å². The molecule has 0 aromatic rings. The zero-order valence-corrected chi connectivity index (χ0v) is 17.1. The lowest BCUT2D eigenvalue weighted by Crippen LogP contribution is -2.22. The second kappa shape index (κ2) is 22.3. The van der Waals surface area contributed by atoms with Gasteiger partial charge in [0.05, 0.1) is 0 Å². The van der Waals surface area contributed by atoms with Crippen LogP contribution in [0.5, 0.6) is 0 Å². The van der Waals surface area contributed by atoms with Gasteiger partial charge < -0.3 is 0 Å². The van der Waals surface area contributed by atoms with E-state index in [0.717, 1.165) is 17.8 Å². The molecule has 0 N–H and O–H groups in total. The third-order valence-electron chi connectivity index (χ3n) is 4.38. The predicted octanol–water partition coefficient (Wildman–Crippen LogP) is 8.50. The van der Waals surface area contributed by atoms with Gasteiger partial charge in [0, 0.05) is 0 Å². The third-order valence-corrected chi connectivity index (χ3v) is 4.38. The van der Waals surface area contributed by atoms with Crippen LogP contribution in [0.1, 0.15) is 120 Å². The summed E-state index contributed by atoms with van der Waals surface area (Å²) in [5.41, 5.74) is 0. The summed E-state index contributed by atoms with van der Waals surface area (Å²) in [6, 6.07) is 0. The number of hydrogen-bond donors (Lipinski definition) is 0. The highest BCUT2D eigenvalue weighted by atomic mass is 14.3. The summed E-state index contributed by atoms with van der Waals surface area (Å²) >= 11 is 0. The first kappa shape index (κ1) is 25.9. The van der Waals surface area contributed by atoms with Gasteiger partial charge in [-0.25, -0.2) is 0 Å². The van der Waals surface area contributed by atoms with Gasteiger partial charge in [-0.15, -0.1) is 0 Å². The van der Waals surface area contributed by atoms with Crippen LogP contribution < -0.4 is 0 Å². The molecule has 0 heteroatoms. The summed E-state index contributed by atoms with van der Waals surface area (Å²) in [6.07, 6.45) is 13.8. The smallest absolute Gasteiger partial charge is 0.0386 e. The molecule has 0 spiro atoms. The molecule has 21 heavy (non-hydrogen) atoms. The molecule has 0 saturated heterocycles. The topological polar surface area (TPSA) is 0 Å². The molecule has 2 aliphatic rings. The lowest BCUT2D eigenvalue weighted by molar-refractivity contribution is 0.173. The molecule has 0 aromatic carbocycles. The molecule has 0 amide bonds. The second-order valence-corrected chi connectivity index (χ2v) is 5.42. The van der Waals surface area contributed by atoms with Crippen molar-refractivity contribution in [2.45, 2.75) is 120 Å². The molecule has 0 bridgehead atoms. The van der Waals surface area contributed by atoms with Gasteiger partial charge in [-0.2, -0.15) is 0 Å². The summed E-state index contributed by atoms with van der Waals surface area (Å²) in [5, 5.41) is 0. The number of hydrogen-bond acceptors (Lipinski definition) is 0. The fourth-order valence-electron chi connectivity index (χ4n) is 3.36. The van der Waals surface area contributed by atoms with Crippen molar-refractivity contribution in [3.63, 3.8) is 0 Å². The van der Waals surface area contributed by atoms with Crippen molar-refractivity contribution in [3.05, 3.63) is 0 Å². The molecule has 0 atom stereocenters. The fourth-order valence-corrected chi connectivity index (χ4v) is 3.36. The SMILES string of the molecule is CC.CC.CC.CC.CC1CCC(C2CCCCC2)CC1. The van der Waals surface area contributed by atoms with E-state index in [2.05, 4.69) is 6.92 Å². The largest absolute Gasteiger partial charge is 0.0683 e. The molecule has 0 nitrogen and oxygen atoms in total. The van der Waals surface area contributed by atoms with Gasteiger partial charge in [-0.3, -0.25) is 0 Å². The summed E-state index contributed by atoms with van der Waals surface area (Å²) in [4.78, 5) is 0. The van der Waals surface area contributed by atoms with E-state index in [1.54, 1.807) is 25.7 Å². The van der Waals surface area contributed by atoms with Crippen LogP contribution in [0.25, 0.3) is 0 Å². The van der Waals surface area contributed by atoms with E-state index in [0.29, 0.717) is 0 Å². The first-order valence-electron chi connectivity index (χ1n) is 10.4. The molecule has 0 aliphatic heterocycles. The Balaban J connectivity index is -0.000000353. The third kappa shape index (κ3) is 13.4. The highest BCUT2D eigenvalue weighted by Crippen LogP contribution is 2.39. The van der Waals surface area contributed by atoms with Crippen molar-refractivity contribution < 1.29 is 0 Å². The Morgan fingerprint density at radius 3 is 1.14 bits per heavy atom. The van der Waals surface area contributed by atoms with Crippen molar-refractivity contribution in [1.82, 2.24) is 0 Å². The molecular weight excluding hydrogens is 252 g/mol. The Labute approximate surface area is 138 Å². The Kier molecular flexibility index (Phi) is 27.5. The van der Waals surface area contributed by atoms with Crippen LogP contribution in [0.2, 0.25) is 0 Å². The van der Waals surface area contributed by atoms with Crippen molar-refractivity contribution >= 4 is 0 Å². The van der Waals surface area contributed by atoms with Crippen molar-refractivity contribution in [3.8, 4) is 0 Å². The average Bonchev–Trinajstić information content (AvgIpc) is 2.63. The van der Waals surface area contributed by atoms with Crippen LogP contribution in [-0.4, -0.2) is 0 Å². The molecular formula is C21H48. The van der Waals surface area contributed by atoms with Gasteiger partial charge in [-0.05, 0) is 30.6 Å². The van der Waals surface area contributed by atoms with Crippen LogP contribution in [0.3, 0.4) is 0 Å². The monoisotopic (exact) mass is 300 g/mol. The maximum absolute atomic E-state index is 2.43. The highest BCUT2D eigenvalue weighted by Gasteiger charge is 2.26. The van der Waals surface area contributed by atoms with Gasteiger partial charge in [0.15, 0.2) is 0 Å². The van der Waals surface area contributed by atoms with Crippen LogP contribution in [0, 0.1) is 17.8 Å². The van der Waals surface area contributed by atoms with Gasteiger partial charge >= 0.3 is 0 Å². The molecule has 2 saturated carbocycles. The molecule has 2 aliphatic carbocycles. The maximum Gasteiger partial charge on any atom is -0.0386 e. The second-order valence-electron chi connectivity index (χ2n) is 5.42. The molecule has 132 valence electrons. The summed E-state index contributed by atoms with van der Waals surface area (Å²) in [5.74, 6) is 3.28. The van der Waals surface area contributed by atoms with E-state index in [1.165, 1.54) is 32.1 Å². The Morgan fingerprint density at radius 2 is 0.762 bits per heavy atom. The highest BCUT2D eigenvalue weighted by molar-refractivity contribution is 4.78. The molecule has 0 radical (unpaired) electrons. The Morgan fingerprint density at radius 1 is 0.429 bits per heavy atom. The first-order chi connectivity index (χ1) is 10.4. The summed E-state index contributed by atoms with van der Waals surface area (Å²) in [6.45, 7) is 18.4. The quantitative estimate of drug-likeness (QED) is 0.455. The molecule has 0 heterocycles. The van der Waals surface area contributed by atoms with E-state index in [-0.39, 0.29) is 0 Å². The zero-order chi connectivity index (χ0) is 17.1. The maximum atomic E-state index is 2.43. The van der Waals surface area contributed by atoms with Gasteiger partial charge in [0.25, 0.3) is 0 Å². The normalized spacial score (nSPS) is 24.4. The predicted molar refractivity (Wildman–Crippen MR) is 103 cm³/mol. The molecule has 2 rings (SSSR count). The minimum atomic E-state index is 1.03. The minimum absolute atomic E-state index is 1.03. The van der Waals surface area contributed by atoms with Crippen molar-refractivity contribution in [2.75, 3.05) is 0 Å². The van der Waals surface area contributed by atoms with Gasteiger partial charge in [-0.1, -0.05) is 107 Å². The van der Waals surface area contributed by atoms with Crippen molar-refractivity contribution in [2.24, 2.45) is 17.8 Å². The number of rotatable bonds is 1. The first-order valence-corrected chi connectivity index (χ1v) is 10.4. The van der Waals surface area contributed by atoms with Crippen LogP contribution in [0.15, 0.2) is 0 Å². The van der Waals surface area contributed by atoms with Crippen LogP contribution in [-0.2, 0) is 0 Å². The average molecular weight is 301 g/mol. The van der Waals surface area contributed by atoms with E-state index in [1.807, 2.05) is 55.4 Å². The van der Waals surface area contributed by atoms with E-state index in [9.17, 15) is 0 Å². The van der Waals surface area contributed by atoms with Gasteiger partial charge in [0.2, 0.25) is 0 Å². The Hall–Kier alpha value is 0. The fraction of sp³-hybridized carbons (Fsp3) is 1.00. The lowest BCUT2D eigenvalue weighted by atomic mass is 9.71. The van der Waals surface area contributed by atoms with Crippen LogP contribution >= 0.6 is 0 Å². The minimum Gasteiger partial charge on any atom is -0.0683 e. The van der Waals surface area contributed by atoms with E-state index < -0.39 is 0 Å². The summed E-state index contributed by atoms with van der Waals surface area (Å²) < 4.78 is 0. The van der Waals surface area contributed by atoms with Crippen molar-refractivity contribution in [1.29, 1.82) is 0 Å².